The summed E-state index contributed by atoms with van der Waals surface area (Å²) in [4.78, 5) is 2.31. The highest BCUT2D eigenvalue weighted by molar-refractivity contribution is 7.99. The van der Waals surface area contributed by atoms with Crippen LogP contribution in [0.15, 0.2) is 48.5 Å². The van der Waals surface area contributed by atoms with E-state index in [9.17, 15) is 5.11 Å². The average molecular weight is 478 g/mol. The molecular formula is C26H36ClNO3S. The van der Waals surface area contributed by atoms with Crippen molar-refractivity contribution >= 4 is 23.4 Å². The summed E-state index contributed by atoms with van der Waals surface area (Å²) in [6.07, 6.45) is -0.470. The van der Waals surface area contributed by atoms with Gasteiger partial charge in [-0.05, 0) is 35.4 Å². The molecule has 1 saturated heterocycles. The van der Waals surface area contributed by atoms with Crippen molar-refractivity contribution in [2.45, 2.75) is 32.3 Å². The molecule has 176 valence electrons. The molecule has 1 aliphatic rings. The summed E-state index contributed by atoms with van der Waals surface area (Å²) in [5, 5.41) is 10.3. The molecule has 2 atom stereocenters. The number of rotatable bonds is 11. The molecule has 2 aromatic carbocycles. The van der Waals surface area contributed by atoms with E-state index in [-0.39, 0.29) is 5.41 Å². The predicted molar refractivity (Wildman–Crippen MR) is 136 cm³/mol. The highest BCUT2D eigenvalue weighted by Crippen LogP contribution is 2.33. The van der Waals surface area contributed by atoms with E-state index in [1.54, 1.807) is 0 Å². The molecule has 1 heterocycles. The fourth-order valence-corrected chi connectivity index (χ4v) is 4.78. The van der Waals surface area contributed by atoms with E-state index in [4.69, 9.17) is 21.1 Å². The lowest BCUT2D eigenvalue weighted by molar-refractivity contribution is 0.0715. The second kappa shape index (κ2) is 12.2. The first-order valence-corrected chi connectivity index (χ1v) is 13.1. The first kappa shape index (κ1) is 25.2. The van der Waals surface area contributed by atoms with Crippen molar-refractivity contribution in [1.29, 1.82) is 0 Å². The zero-order valence-corrected chi connectivity index (χ0v) is 21.0. The third kappa shape index (κ3) is 7.31. The van der Waals surface area contributed by atoms with Gasteiger partial charge in [0.15, 0.2) is 0 Å². The third-order valence-electron chi connectivity index (χ3n) is 5.96. The van der Waals surface area contributed by atoms with Crippen LogP contribution in [0.1, 0.15) is 31.9 Å². The van der Waals surface area contributed by atoms with Crippen LogP contribution in [-0.2, 0) is 5.41 Å². The minimum Gasteiger partial charge on any atom is -0.493 e. The summed E-state index contributed by atoms with van der Waals surface area (Å²) in [7, 11) is 0. The Kier molecular flexibility index (Phi) is 9.60. The Labute approximate surface area is 202 Å². The van der Waals surface area contributed by atoms with Gasteiger partial charge in [0, 0.05) is 48.4 Å². The molecule has 1 aliphatic heterocycles. The number of nitrogens with zero attached hydrogens (tertiary/aromatic N) is 1. The van der Waals surface area contributed by atoms with E-state index < -0.39 is 6.10 Å². The number of aliphatic hydroxyl groups excluding tert-OH is 1. The van der Waals surface area contributed by atoms with Crippen LogP contribution in [0.5, 0.6) is 11.5 Å². The molecule has 32 heavy (non-hydrogen) atoms. The lowest BCUT2D eigenvalue weighted by Crippen LogP contribution is -2.40. The zero-order valence-electron chi connectivity index (χ0n) is 19.4. The Hall–Kier alpha value is -1.40. The van der Waals surface area contributed by atoms with Gasteiger partial charge in [-0.15, -0.1) is 11.6 Å². The smallest absolute Gasteiger partial charge is 0.119 e. The van der Waals surface area contributed by atoms with Crippen LogP contribution in [0, 0.1) is 5.92 Å². The second-order valence-corrected chi connectivity index (χ2v) is 10.7. The fraction of sp³-hybridized carbons (Fsp3) is 0.538. The van der Waals surface area contributed by atoms with Crippen LogP contribution in [0.3, 0.4) is 0 Å². The summed E-state index contributed by atoms with van der Waals surface area (Å²) in [6, 6.07) is 16.5. The van der Waals surface area contributed by atoms with E-state index in [2.05, 4.69) is 49.9 Å². The van der Waals surface area contributed by atoms with Crippen molar-refractivity contribution in [1.82, 2.24) is 4.90 Å². The topological polar surface area (TPSA) is 41.9 Å². The lowest BCUT2D eigenvalue weighted by Gasteiger charge is -2.28. The van der Waals surface area contributed by atoms with Gasteiger partial charge in [-0.2, -0.15) is 11.8 Å². The van der Waals surface area contributed by atoms with Crippen molar-refractivity contribution in [3.63, 3.8) is 0 Å². The molecule has 0 unspecified atom stereocenters. The number of aliphatic hydroxyl groups is 1. The molecule has 0 radical (unpaired) electrons. The molecule has 0 aliphatic carbocycles. The van der Waals surface area contributed by atoms with E-state index in [1.807, 2.05) is 36.0 Å². The van der Waals surface area contributed by atoms with E-state index in [0.717, 1.165) is 36.1 Å². The summed E-state index contributed by atoms with van der Waals surface area (Å²) < 4.78 is 11.7. The normalized spacial score (nSPS) is 17.0. The minimum atomic E-state index is -0.470. The first-order chi connectivity index (χ1) is 15.4. The lowest BCUT2D eigenvalue weighted by atomic mass is 9.78. The molecule has 1 N–H and O–H groups in total. The fourth-order valence-electron chi connectivity index (χ4n) is 3.71. The van der Waals surface area contributed by atoms with Crippen molar-refractivity contribution in [2.24, 2.45) is 5.92 Å². The first-order valence-electron chi connectivity index (χ1n) is 11.4. The Morgan fingerprint density at radius 2 is 1.44 bits per heavy atom. The second-order valence-electron chi connectivity index (χ2n) is 9.12. The molecule has 0 bridgehead atoms. The third-order valence-corrected chi connectivity index (χ3v) is 7.43. The summed E-state index contributed by atoms with van der Waals surface area (Å²) in [5.41, 5.74) is 2.28. The number of β-amino-alcohol motifs (C(OH)–C–C–N with tert-alkyl or cyclic N) is 1. The molecular weight excluding hydrogens is 442 g/mol. The molecule has 4 nitrogen and oxygen atoms in total. The van der Waals surface area contributed by atoms with Gasteiger partial charge in [0.1, 0.15) is 24.2 Å². The number of hydrogen-bond acceptors (Lipinski definition) is 5. The Bertz CT molecular complexity index is 807. The monoisotopic (exact) mass is 477 g/mol. The average Bonchev–Trinajstić information content (AvgIpc) is 2.82. The van der Waals surface area contributed by atoms with Crippen LogP contribution in [0.25, 0.3) is 0 Å². The van der Waals surface area contributed by atoms with Crippen LogP contribution < -0.4 is 9.47 Å². The van der Waals surface area contributed by atoms with Gasteiger partial charge in [0.25, 0.3) is 0 Å². The minimum absolute atomic E-state index is 0.147. The van der Waals surface area contributed by atoms with Gasteiger partial charge >= 0.3 is 0 Å². The van der Waals surface area contributed by atoms with Crippen LogP contribution in [-0.4, -0.2) is 66.3 Å². The van der Waals surface area contributed by atoms with Crippen LogP contribution >= 0.6 is 23.4 Å². The number of halogens is 1. The number of thioether (sulfide) groups is 1. The van der Waals surface area contributed by atoms with Crippen molar-refractivity contribution in [2.75, 3.05) is 50.2 Å². The molecule has 0 aromatic heterocycles. The molecule has 0 spiro atoms. The van der Waals surface area contributed by atoms with Gasteiger partial charge in [0.05, 0.1) is 6.61 Å². The molecule has 0 amide bonds. The molecule has 6 heteroatoms. The maximum Gasteiger partial charge on any atom is 0.119 e. The number of ether oxygens (including phenoxy) is 2. The van der Waals surface area contributed by atoms with Gasteiger partial charge < -0.3 is 14.6 Å². The van der Waals surface area contributed by atoms with E-state index >= 15 is 0 Å². The molecule has 1 fully saturated rings. The van der Waals surface area contributed by atoms with Crippen LogP contribution in [0.2, 0.25) is 0 Å². The molecule has 3 rings (SSSR count). The van der Waals surface area contributed by atoms with Gasteiger partial charge in [-0.1, -0.05) is 45.0 Å². The van der Waals surface area contributed by atoms with Gasteiger partial charge in [-0.25, -0.2) is 0 Å². The Balaban J connectivity index is 1.53. The van der Waals surface area contributed by atoms with Crippen molar-refractivity contribution in [3.8, 4) is 11.5 Å². The maximum atomic E-state index is 10.3. The number of hydrogen-bond donors (Lipinski definition) is 1. The number of benzene rings is 2. The summed E-state index contributed by atoms with van der Waals surface area (Å²) >= 11 is 7.83. The van der Waals surface area contributed by atoms with E-state index in [1.165, 1.54) is 11.1 Å². The highest BCUT2D eigenvalue weighted by atomic mass is 35.5. The number of alkyl halides is 1. The van der Waals surface area contributed by atoms with Crippen molar-refractivity contribution in [3.05, 3.63) is 59.7 Å². The summed E-state index contributed by atoms with van der Waals surface area (Å²) in [5.74, 6) is 4.88. The molecule has 0 saturated carbocycles. The van der Waals surface area contributed by atoms with E-state index in [0.29, 0.717) is 31.6 Å². The Morgan fingerprint density at radius 3 is 1.94 bits per heavy atom. The van der Waals surface area contributed by atoms with Gasteiger partial charge in [0.2, 0.25) is 0 Å². The predicted octanol–water partition coefficient (Wildman–Crippen LogP) is 5.05. The Morgan fingerprint density at radius 1 is 0.938 bits per heavy atom. The standard InChI is InChI=1S/C26H36ClNO3S/c1-20(16-27)18-30-24-8-4-21(5-9-24)26(2,3)22-6-10-25(11-7-22)31-19-23(29)17-28-12-14-32-15-13-28/h4-11,20,23,29H,12-19H2,1-3H3/t20-,23+/m0/s1. The SMILES string of the molecule is C[C@@H](CCl)COc1ccc(C(C)(C)c2ccc(OC[C@H](O)CN3CCSCC3)cc2)cc1. The summed E-state index contributed by atoms with van der Waals surface area (Å²) in [6.45, 7) is 10.2. The zero-order chi connectivity index (χ0) is 23.0. The molecule has 2 aromatic rings. The van der Waals surface area contributed by atoms with Crippen LogP contribution in [0.4, 0.5) is 0 Å². The van der Waals surface area contributed by atoms with Gasteiger partial charge in [-0.3, -0.25) is 4.90 Å². The quantitative estimate of drug-likeness (QED) is 0.458. The largest absolute Gasteiger partial charge is 0.493 e. The maximum absolute atomic E-state index is 10.3. The highest BCUT2D eigenvalue weighted by Gasteiger charge is 2.23. The van der Waals surface area contributed by atoms with Crippen molar-refractivity contribution < 1.29 is 14.6 Å².